The van der Waals surface area contributed by atoms with Gasteiger partial charge >= 0.3 is 0 Å². The molecule has 0 unspecified atom stereocenters. The van der Waals surface area contributed by atoms with E-state index in [2.05, 4.69) is 33.7 Å². The summed E-state index contributed by atoms with van der Waals surface area (Å²) in [5.41, 5.74) is 4.78. The van der Waals surface area contributed by atoms with Crippen LogP contribution in [0, 0.1) is 30.7 Å². The maximum Gasteiger partial charge on any atom is 0.225 e. The quantitative estimate of drug-likeness (QED) is 0.313. The Labute approximate surface area is 220 Å². The highest BCUT2D eigenvalue weighted by molar-refractivity contribution is 7.99. The number of fused-ring (bicyclic) bond motifs is 1. The number of piperidine rings is 1. The minimum atomic E-state index is 0.0159. The van der Waals surface area contributed by atoms with Crippen LogP contribution in [0.15, 0.2) is 58.7 Å². The lowest BCUT2D eigenvalue weighted by Gasteiger charge is -2.33. The third kappa shape index (κ3) is 4.59. The van der Waals surface area contributed by atoms with E-state index in [1.807, 2.05) is 49.3 Å². The van der Waals surface area contributed by atoms with E-state index in [4.69, 9.17) is 11.7 Å². The van der Waals surface area contributed by atoms with Crippen LogP contribution in [0.25, 0.3) is 21.5 Å². The monoisotopic (exact) mass is 509 g/mol. The lowest BCUT2D eigenvalue weighted by Crippen LogP contribution is -2.41. The maximum absolute atomic E-state index is 12.4. The molecule has 1 saturated heterocycles. The Hall–Kier alpha value is -4.08. The van der Waals surface area contributed by atoms with Crippen LogP contribution in [0.1, 0.15) is 44.0 Å². The Bertz CT molecular complexity index is 1560. The molecule has 5 rings (SSSR count). The first kappa shape index (κ1) is 24.6. The van der Waals surface area contributed by atoms with Gasteiger partial charge in [0.05, 0.1) is 36.1 Å². The molecule has 4 heterocycles. The van der Waals surface area contributed by atoms with Crippen molar-refractivity contribution in [2.45, 2.75) is 49.4 Å². The molecule has 0 bridgehead atoms. The number of hydrogen-bond donors (Lipinski definition) is 0. The van der Waals surface area contributed by atoms with Gasteiger partial charge in [0.15, 0.2) is 0 Å². The third-order valence-electron chi connectivity index (χ3n) is 6.87. The fourth-order valence-electron chi connectivity index (χ4n) is 4.92. The van der Waals surface area contributed by atoms with E-state index in [-0.39, 0.29) is 17.9 Å². The zero-order valence-corrected chi connectivity index (χ0v) is 21.9. The average Bonchev–Trinajstić information content (AvgIpc) is 3.51. The normalized spacial score (nSPS) is 14.2. The molecule has 8 nitrogen and oxygen atoms in total. The summed E-state index contributed by atoms with van der Waals surface area (Å²) in [7, 11) is 0. The predicted octanol–water partition coefficient (Wildman–Crippen LogP) is 5.90. The summed E-state index contributed by atoms with van der Waals surface area (Å²) in [4.78, 5) is 19.7. The summed E-state index contributed by atoms with van der Waals surface area (Å²) >= 11 is 1.47. The Balaban J connectivity index is 1.49. The molecule has 3 aromatic heterocycles. The number of nitriles is 1. The second kappa shape index (κ2) is 10.1. The van der Waals surface area contributed by atoms with Crippen molar-refractivity contribution in [1.82, 2.24) is 24.3 Å². The molecular weight excluding hydrogens is 482 g/mol. The summed E-state index contributed by atoms with van der Waals surface area (Å²) < 4.78 is 3.82. The Morgan fingerprint density at radius 1 is 1.19 bits per heavy atom. The SMILES string of the molecule is [C-]#[N+]c1ccccc1Sc1cc(-c2cnn(C3CCN(C(=O)C(C)C)CC3)c2C)cn2ncc(C#N)c12. The van der Waals surface area contributed by atoms with Crippen LogP contribution < -0.4 is 0 Å². The van der Waals surface area contributed by atoms with Crippen molar-refractivity contribution in [2.24, 2.45) is 5.92 Å². The second-order valence-electron chi connectivity index (χ2n) is 9.54. The Morgan fingerprint density at radius 3 is 2.65 bits per heavy atom. The lowest BCUT2D eigenvalue weighted by molar-refractivity contribution is -0.135. The van der Waals surface area contributed by atoms with Crippen LogP contribution in [0.5, 0.6) is 0 Å². The van der Waals surface area contributed by atoms with Crippen molar-refractivity contribution in [2.75, 3.05) is 13.1 Å². The fourth-order valence-corrected chi connectivity index (χ4v) is 6.00. The number of nitrogens with zero attached hydrogens (tertiary/aromatic N) is 7. The molecule has 1 fully saturated rings. The van der Waals surface area contributed by atoms with Gasteiger partial charge in [0.25, 0.3) is 0 Å². The van der Waals surface area contributed by atoms with Crippen molar-refractivity contribution in [3.05, 3.63) is 71.6 Å². The van der Waals surface area contributed by atoms with Gasteiger partial charge < -0.3 is 4.90 Å². The topological polar surface area (TPSA) is 83.6 Å². The molecule has 37 heavy (non-hydrogen) atoms. The lowest BCUT2D eigenvalue weighted by atomic mass is 10.0. The number of hydrogen-bond acceptors (Lipinski definition) is 5. The van der Waals surface area contributed by atoms with Gasteiger partial charge in [-0.05, 0) is 25.8 Å². The van der Waals surface area contributed by atoms with Crippen LogP contribution in [0.4, 0.5) is 5.69 Å². The van der Waals surface area contributed by atoms with Crippen LogP contribution in [-0.2, 0) is 4.79 Å². The molecule has 1 aliphatic rings. The highest BCUT2D eigenvalue weighted by Gasteiger charge is 2.27. The number of carbonyl (C=O) groups excluding carboxylic acids is 1. The van der Waals surface area contributed by atoms with Crippen LogP contribution in [0.3, 0.4) is 0 Å². The standard InChI is InChI=1S/C28H27N7OS/c1-18(2)28(36)33-11-9-22(10-12-33)35-19(3)23(16-32-35)20-13-26(27-21(14-29)15-31-34(27)17-20)37-25-8-6-5-7-24(25)30-4/h5-8,13,15-18,22H,9-12H2,1-3H3. The van der Waals surface area contributed by atoms with E-state index in [9.17, 15) is 10.1 Å². The van der Waals surface area contributed by atoms with Gasteiger partial charge in [-0.2, -0.15) is 15.5 Å². The van der Waals surface area contributed by atoms with Gasteiger partial charge in [-0.3, -0.25) is 9.48 Å². The largest absolute Gasteiger partial charge is 0.342 e. The van der Waals surface area contributed by atoms with Crippen molar-refractivity contribution in [3.8, 4) is 17.2 Å². The van der Waals surface area contributed by atoms with Crippen molar-refractivity contribution in [1.29, 1.82) is 5.26 Å². The molecule has 0 aliphatic carbocycles. The van der Waals surface area contributed by atoms with Gasteiger partial charge in [0.1, 0.15) is 6.07 Å². The summed E-state index contributed by atoms with van der Waals surface area (Å²) in [5.74, 6) is 0.229. The molecule has 0 atom stereocenters. The molecule has 4 aromatic rings. The molecule has 0 N–H and O–H groups in total. The first-order valence-corrected chi connectivity index (χ1v) is 13.1. The highest BCUT2D eigenvalue weighted by Crippen LogP contribution is 2.40. The minimum Gasteiger partial charge on any atom is -0.342 e. The van der Waals surface area contributed by atoms with Gasteiger partial charge in [-0.25, -0.2) is 9.36 Å². The summed E-state index contributed by atoms with van der Waals surface area (Å²) in [5, 5.41) is 18.9. The molecule has 1 amide bonds. The molecule has 0 spiro atoms. The summed E-state index contributed by atoms with van der Waals surface area (Å²) in [6.45, 7) is 15.0. The van der Waals surface area contributed by atoms with Crippen molar-refractivity contribution < 1.29 is 4.79 Å². The summed E-state index contributed by atoms with van der Waals surface area (Å²) in [6.07, 6.45) is 7.14. The van der Waals surface area contributed by atoms with Gasteiger partial charge in [-0.1, -0.05) is 49.9 Å². The molecule has 0 radical (unpaired) electrons. The zero-order valence-electron chi connectivity index (χ0n) is 21.0. The first-order chi connectivity index (χ1) is 17.9. The number of aromatic nitrogens is 4. The van der Waals surface area contributed by atoms with E-state index >= 15 is 0 Å². The Morgan fingerprint density at radius 2 is 1.95 bits per heavy atom. The number of carbonyl (C=O) groups is 1. The third-order valence-corrected chi connectivity index (χ3v) is 7.97. The minimum absolute atomic E-state index is 0.0159. The van der Waals surface area contributed by atoms with E-state index in [1.165, 1.54) is 11.8 Å². The zero-order chi connectivity index (χ0) is 26.1. The highest BCUT2D eigenvalue weighted by atomic mass is 32.2. The molecule has 9 heteroatoms. The maximum atomic E-state index is 12.4. The Kier molecular flexibility index (Phi) is 6.73. The van der Waals surface area contributed by atoms with Gasteiger partial charge in [-0.15, -0.1) is 0 Å². The first-order valence-electron chi connectivity index (χ1n) is 12.3. The smallest absolute Gasteiger partial charge is 0.225 e. The molecular formula is C28H27N7OS. The van der Waals surface area contributed by atoms with E-state index in [1.54, 1.807) is 16.8 Å². The number of amides is 1. The van der Waals surface area contributed by atoms with E-state index in [0.717, 1.165) is 58.1 Å². The van der Waals surface area contributed by atoms with Crippen LogP contribution >= 0.6 is 11.8 Å². The number of pyridine rings is 1. The van der Waals surface area contributed by atoms with Crippen molar-refractivity contribution in [3.63, 3.8) is 0 Å². The molecule has 186 valence electrons. The van der Waals surface area contributed by atoms with Crippen LogP contribution in [-0.4, -0.2) is 43.3 Å². The number of benzene rings is 1. The number of para-hydroxylation sites is 1. The van der Waals surface area contributed by atoms with E-state index in [0.29, 0.717) is 11.3 Å². The molecule has 1 aromatic carbocycles. The predicted molar refractivity (Wildman–Crippen MR) is 142 cm³/mol. The van der Waals surface area contributed by atoms with Crippen molar-refractivity contribution >= 4 is 28.9 Å². The summed E-state index contributed by atoms with van der Waals surface area (Å²) in [6, 6.07) is 12.0. The van der Waals surface area contributed by atoms with Gasteiger partial charge in [0, 0.05) is 51.8 Å². The number of likely N-dealkylation sites (tertiary alicyclic amines) is 1. The fraction of sp³-hybridized carbons (Fsp3) is 0.321. The average molecular weight is 510 g/mol. The number of rotatable bonds is 5. The molecule has 0 saturated carbocycles. The van der Waals surface area contributed by atoms with E-state index < -0.39 is 0 Å². The van der Waals surface area contributed by atoms with Crippen LogP contribution in [0.2, 0.25) is 0 Å². The molecule has 1 aliphatic heterocycles. The second-order valence-corrected chi connectivity index (χ2v) is 10.6. The van der Waals surface area contributed by atoms with Gasteiger partial charge in [0.2, 0.25) is 11.6 Å².